The number of likely N-dealkylation sites (N-methyl/N-ethyl adjacent to an activating group) is 1. The molecule has 5 nitrogen and oxygen atoms in total. The number of carbonyl (C=O) groups excluding carboxylic acids is 1. The molecular formula is C20H24BrClN2O3S. The maximum Gasteiger partial charge on any atom is 0.242 e. The van der Waals surface area contributed by atoms with Crippen molar-refractivity contribution in [3.05, 3.63) is 64.7 Å². The maximum atomic E-state index is 13.1. The van der Waals surface area contributed by atoms with Crippen molar-refractivity contribution in [1.82, 2.24) is 9.62 Å². The number of halogens is 2. The summed E-state index contributed by atoms with van der Waals surface area (Å²) < 4.78 is 28.4. The molecule has 0 aliphatic carbocycles. The number of nitrogens with one attached hydrogen (secondary N) is 1. The number of amides is 1. The molecule has 0 spiro atoms. The molecule has 2 atom stereocenters. The molecule has 0 saturated heterocycles. The lowest BCUT2D eigenvalue weighted by atomic mass is 10.1. The third kappa shape index (κ3) is 5.56. The summed E-state index contributed by atoms with van der Waals surface area (Å²) in [7, 11) is -3.89. The second-order valence-electron chi connectivity index (χ2n) is 6.38. The Balaban J connectivity index is 2.41. The Morgan fingerprint density at radius 1 is 1.07 bits per heavy atom. The molecule has 1 N–H and O–H groups in total. The van der Waals surface area contributed by atoms with Gasteiger partial charge in [0.05, 0.1) is 9.72 Å². The number of nitrogens with zero attached hydrogens (tertiary/aromatic N) is 1. The molecule has 152 valence electrons. The fourth-order valence-corrected chi connectivity index (χ4v) is 4.93. The lowest BCUT2D eigenvalue weighted by molar-refractivity contribution is -0.132. The molecule has 0 aliphatic rings. The van der Waals surface area contributed by atoms with Crippen LogP contribution in [0.25, 0.3) is 0 Å². The van der Waals surface area contributed by atoms with Crippen LogP contribution < -0.4 is 4.72 Å². The van der Waals surface area contributed by atoms with E-state index in [1.54, 1.807) is 41.3 Å². The number of sulfonamides is 1. The third-order valence-electron chi connectivity index (χ3n) is 4.44. The lowest BCUT2D eigenvalue weighted by Gasteiger charge is -2.29. The number of hydrogen-bond donors (Lipinski definition) is 1. The molecule has 2 aromatic carbocycles. The van der Waals surface area contributed by atoms with E-state index in [4.69, 9.17) is 11.6 Å². The van der Waals surface area contributed by atoms with E-state index >= 15 is 0 Å². The number of carbonyl (C=O) groups is 1. The van der Waals surface area contributed by atoms with E-state index in [-0.39, 0.29) is 10.8 Å². The second kappa shape index (κ2) is 9.87. The van der Waals surface area contributed by atoms with E-state index in [9.17, 15) is 13.2 Å². The van der Waals surface area contributed by atoms with E-state index in [2.05, 4.69) is 20.7 Å². The minimum Gasteiger partial charge on any atom is -0.342 e. The van der Waals surface area contributed by atoms with Crippen LogP contribution in [-0.2, 0) is 14.8 Å². The van der Waals surface area contributed by atoms with Crippen LogP contribution in [0.1, 0.15) is 29.8 Å². The van der Waals surface area contributed by atoms with Crippen LogP contribution in [0.5, 0.6) is 0 Å². The fourth-order valence-electron chi connectivity index (χ4n) is 2.76. The third-order valence-corrected chi connectivity index (χ3v) is 7.20. The highest BCUT2D eigenvalue weighted by Gasteiger charge is 2.34. The summed E-state index contributed by atoms with van der Waals surface area (Å²) in [6, 6.07) is 12.4. The van der Waals surface area contributed by atoms with Crippen LogP contribution in [0.15, 0.2) is 53.4 Å². The number of rotatable bonds is 8. The van der Waals surface area contributed by atoms with Gasteiger partial charge in [-0.2, -0.15) is 4.72 Å². The van der Waals surface area contributed by atoms with Crippen molar-refractivity contribution in [2.75, 3.05) is 13.1 Å². The molecule has 0 heterocycles. The van der Waals surface area contributed by atoms with E-state index in [1.165, 1.54) is 12.1 Å². The monoisotopic (exact) mass is 486 g/mol. The molecule has 2 aromatic rings. The van der Waals surface area contributed by atoms with Crippen LogP contribution in [0.2, 0.25) is 5.02 Å². The highest BCUT2D eigenvalue weighted by molar-refractivity contribution is 9.09. The van der Waals surface area contributed by atoms with Crippen LogP contribution in [-0.4, -0.2) is 38.4 Å². The largest absolute Gasteiger partial charge is 0.342 e. The predicted octanol–water partition coefficient (Wildman–Crippen LogP) is 4.30. The van der Waals surface area contributed by atoms with Crippen molar-refractivity contribution in [1.29, 1.82) is 0 Å². The molecule has 0 radical (unpaired) electrons. The van der Waals surface area contributed by atoms with Gasteiger partial charge in [-0.25, -0.2) is 8.42 Å². The normalized spacial score (nSPS) is 13.8. The van der Waals surface area contributed by atoms with E-state index in [0.29, 0.717) is 18.1 Å². The molecular weight excluding hydrogens is 464 g/mol. The number of benzene rings is 2. The zero-order valence-corrected chi connectivity index (χ0v) is 19.2. The van der Waals surface area contributed by atoms with Gasteiger partial charge in [-0.3, -0.25) is 4.79 Å². The Morgan fingerprint density at radius 3 is 2.11 bits per heavy atom. The average Bonchev–Trinajstić information content (AvgIpc) is 2.67. The standard InChI is InChI=1S/C20H24BrClN2O3S/c1-4-24(5-2)20(25)19(18(21)15-8-10-16(22)11-9-15)23-28(26,27)17-12-6-14(3)7-13-17/h6-13,18-19,23H,4-5H2,1-3H3/t18-,19-/m0/s1. The minimum atomic E-state index is -3.89. The lowest BCUT2D eigenvalue weighted by Crippen LogP contribution is -2.50. The first-order chi connectivity index (χ1) is 13.2. The van der Waals surface area contributed by atoms with E-state index in [1.807, 2.05) is 20.8 Å². The topological polar surface area (TPSA) is 66.5 Å². The van der Waals surface area contributed by atoms with Crippen molar-refractivity contribution in [2.24, 2.45) is 0 Å². The molecule has 0 aromatic heterocycles. The summed E-state index contributed by atoms with van der Waals surface area (Å²) in [5.74, 6) is -0.294. The quantitative estimate of drug-likeness (QED) is 0.565. The van der Waals surface area contributed by atoms with Gasteiger partial charge in [-0.05, 0) is 50.6 Å². The molecule has 2 rings (SSSR count). The Kier molecular flexibility index (Phi) is 8.07. The van der Waals surface area contributed by atoms with Gasteiger partial charge in [0.15, 0.2) is 0 Å². The number of alkyl halides is 1. The Labute approximate surface area is 180 Å². The van der Waals surface area contributed by atoms with E-state index < -0.39 is 20.9 Å². The average molecular weight is 488 g/mol. The first kappa shape index (κ1) is 22.9. The fraction of sp³-hybridized carbons (Fsp3) is 0.350. The molecule has 0 aliphatic heterocycles. The smallest absolute Gasteiger partial charge is 0.242 e. The molecule has 0 bridgehead atoms. The molecule has 0 fully saturated rings. The molecule has 0 unspecified atom stereocenters. The Bertz CT molecular complexity index is 898. The molecule has 1 amide bonds. The van der Waals surface area contributed by atoms with Crippen molar-refractivity contribution < 1.29 is 13.2 Å². The highest BCUT2D eigenvalue weighted by atomic mass is 79.9. The first-order valence-corrected chi connectivity index (χ1v) is 11.7. The van der Waals surface area contributed by atoms with Gasteiger partial charge >= 0.3 is 0 Å². The van der Waals surface area contributed by atoms with Crippen LogP contribution in [0.4, 0.5) is 0 Å². The highest BCUT2D eigenvalue weighted by Crippen LogP contribution is 2.30. The first-order valence-electron chi connectivity index (χ1n) is 8.97. The van der Waals surface area contributed by atoms with Gasteiger partial charge in [0.2, 0.25) is 15.9 Å². The van der Waals surface area contributed by atoms with Crippen LogP contribution in [0, 0.1) is 6.92 Å². The van der Waals surface area contributed by atoms with Crippen molar-refractivity contribution in [2.45, 2.75) is 36.5 Å². The molecule has 0 saturated carbocycles. The predicted molar refractivity (Wildman–Crippen MR) is 116 cm³/mol. The van der Waals surface area contributed by atoms with Gasteiger partial charge in [-0.1, -0.05) is 57.4 Å². The van der Waals surface area contributed by atoms with Crippen molar-refractivity contribution >= 4 is 43.5 Å². The summed E-state index contributed by atoms with van der Waals surface area (Å²) in [6.07, 6.45) is 0. The summed E-state index contributed by atoms with van der Waals surface area (Å²) in [4.78, 5) is 14.3. The summed E-state index contributed by atoms with van der Waals surface area (Å²) >= 11 is 9.47. The maximum absolute atomic E-state index is 13.1. The second-order valence-corrected chi connectivity index (χ2v) is 9.51. The van der Waals surface area contributed by atoms with Gasteiger partial charge in [0.1, 0.15) is 6.04 Å². The SMILES string of the molecule is CCN(CC)C(=O)[C@@H](NS(=O)(=O)c1ccc(C)cc1)[C@@H](Br)c1ccc(Cl)cc1. The van der Waals surface area contributed by atoms with Gasteiger partial charge < -0.3 is 4.90 Å². The zero-order chi connectivity index (χ0) is 20.9. The van der Waals surface area contributed by atoms with Gasteiger partial charge in [0, 0.05) is 18.1 Å². The Morgan fingerprint density at radius 2 is 1.61 bits per heavy atom. The van der Waals surface area contributed by atoms with Crippen molar-refractivity contribution in [3.63, 3.8) is 0 Å². The van der Waals surface area contributed by atoms with Crippen LogP contribution >= 0.6 is 27.5 Å². The molecule has 8 heteroatoms. The summed E-state index contributed by atoms with van der Waals surface area (Å²) in [6.45, 7) is 6.57. The number of hydrogen-bond acceptors (Lipinski definition) is 3. The Hall–Kier alpha value is -1.41. The number of aryl methyl sites for hydroxylation is 1. The van der Waals surface area contributed by atoms with Crippen LogP contribution in [0.3, 0.4) is 0 Å². The summed E-state index contributed by atoms with van der Waals surface area (Å²) in [5, 5.41) is 0.565. The minimum absolute atomic E-state index is 0.117. The zero-order valence-electron chi connectivity index (χ0n) is 16.0. The van der Waals surface area contributed by atoms with Crippen molar-refractivity contribution in [3.8, 4) is 0 Å². The van der Waals surface area contributed by atoms with Gasteiger partial charge in [0.25, 0.3) is 0 Å². The van der Waals surface area contributed by atoms with Gasteiger partial charge in [-0.15, -0.1) is 0 Å². The summed E-state index contributed by atoms with van der Waals surface area (Å²) in [5.41, 5.74) is 1.70. The molecule has 28 heavy (non-hydrogen) atoms. The van der Waals surface area contributed by atoms with E-state index in [0.717, 1.165) is 11.1 Å².